The van der Waals surface area contributed by atoms with Crippen LogP contribution in [-0.4, -0.2) is 25.4 Å². The molecule has 1 aliphatic rings. The second-order valence-electron chi connectivity index (χ2n) is 9.08. The van der Waals surface area contributed by atoms with Gasteiger partial charge in [0.1, 0.15) is 0 Å². The van der Waals surface area contributed by atoms with Crippen LogP contribution in [0.3, 0.4) is 0 Å². The molecule has 3 aromatic rings. The molecule has 0 bridgehead atoms. The fraction of sp³-hybridized carbons (Fsp3) is 0.444. The molecular weight excluding hydrogens is 370 g/mol. The Balaban J connectivity index is 2.07. The summed E-state index contributed by atoms with van der Waals surface area (Å²) in [4.78, 5) is 0. The number of hydrogen-bond acceptors (Lipinski definition) is 2. The van der Waals surface area contributed by atoms with E-state index < -0.39 is 0 Å². The van der Waals surface area contributed by atoms with Crippen molar-refractivity contribution in [2.24, 2.45) is 0 Å². The Morgan fingerprint density at radius 3 is 2.57 bits per heavy atom. The highest BCUT2D eigenvalue weighted by Crippen LogP contribution is 2.45. The van der Waals surface area contributed by atoms with E-state index in [1.165, 1.54) is 44.3 Å². The number of aliphatic hydroxyl groups excluding tert-OH is 1. The molecule has 2 aromatic carbocycles. The first-order valence-electron chi connectivity index (χ1n) is 11.1. The molecular formula is C27H34NO2+. The molecule has 4 rings (SSSR count). The lowest BCUT2D eigenvalue weighted by atomic mass is 9.76. The Labute approximate surface area is 180 Å². The van der Waals surface area contributed by atoms with E-state index in [1.807, 2.05) is 0 Å². The third-order valence-electron chi connectivity index (χ3n) is 6.71. The van der Waals surface area contributed by atoms with Gasteiger partial charge < -0.3 is 9.84 Å². The molecule has 0 spiro atoms. The van der Waals surface area contributed by atoms with E-state index in [-0.39, 0.29) is 18.6 Å². The van der Waals surface area contributed by atoms with Crippen LogP contribution in [0.1, 0.15) is 66.8 Å². The molecule has 3 nitrogen and oxygen atoms in total. The summed E-state index contributed by atoms with van der Waals surface area (Å²) in [6.07, 6.45) is 3.95. The molecule has 0 aliphatic carbocycles. The van der Waals surface area contributed by atoms with Gasteiger partial charge in [-0.05, 0) is 60.4 Å². The van der Waals surface area contributed by atoms with E-state index in [9.17, 15) is 5.11 Å². The lowest BCUT2D eigenvalue weighted by molar-refractivity contribution is -0.718. The predicted molar refractivity (Wildman–Crippen MR) is 123 cm³/mol. The van der Waals surface area contributed by atoms with Crippen LogP contribution in [0.15, 0.2) is 42.6 Å². The summed E-state index contributed by atoms with van der Waals surface area (Å²) in [5.74, 6) is 0.771. The second kappa shape index (κ2) is 8.49. The molecule has 3 heteroatoms. The maximum atomic E-state index is 9.91. The number of aryl methyl sites for hydroxylation is 2. The Morgan fingerprint density at radius 1 is 1.07 bits per heavy atom. The van der Waals surface area contributed by atoms with E-state index in [4.69, 9.17) is 4.74 Å². The zero-order valence-corrected chi connectivity index (χ0v) is 18.9. The fourth-order valence-electron chi connectivity index (χ4n) is 5.33. The number of hydrogen-bond donors (Lipinski definition) is 1. The van der Waals surface area contributed by atoms with E-state index in [0.29, 0.717) is 12.5 Å². The minimum absolute atomic E-state index is 0.196. The number of nitrogens with zero attached hydrogens (tertiary/aromatic N) is 1. The molecule has 0 saturated heterocycles. The first-order valence-corrected chi connectivity index (χ1v) is 11.1. The normalized spacial score (nSPS) is 18.0. The van der Waals surface area contributed by atoms with Crippen LogP contribution in [-0.2, 0) is 4.74 Å². The van der Waals surface area contributed by atoms with Gasteiger partial charge >= 0.3 is 0 Å². The van der Waals surface area contributed by atoms with Crippen molar-refractivity contribution in [2.75, 3.05) is 20.3 Å². The van der Waals surface area contributed by atoms with Crippen LogP contribution in [0.25, 0.3) is 22.0 Å². The van der Waals surface area contributed by atoms with Crippen molar-refractivity contribution >= 4 is 10.8 Å². The van der Waals surface area contributed by atoms with Gasteiger partial charge in [-0.3, -0.25) is 0 Å². The van der Waals surface area contributed by atoms with Gasteiger partial charge in [0.25, 0.3) is 0 Å². The molecule has 1 aliphatic heterocycles. The van der Waals surface area contributed by atoms with Crippen molar-refractivity contribution in [2.45, 2.75) is 58.4 Å². The van der Waals surface area contributed by atoms with Crippen LogP contribution < -0.4 is 4.57 Å². The number of rotatable bonds is 6. The van der Waals surface area contributed by atoms with E-state index in [0.717, 1.165) is 12.8 Å². The van der Waals surface area contributed by atoms with E-state index in [1.54, 1.807) is 7.11 Å². The number of benzene rings is 2. The Hall–Kier alpha value is -2.23. The first kappa shape index (κ1) is 21.0. The molecule has 0 fully saturated rings. The van der Waals surface area contributed by atoms with Gasteiger partial charge in [-0.25, -0.2) is 0 Å². The van der Waals surface area contributed by atoms with Crippen molar-refractivity contribution < 1.29 is 14.4 Å². The zero-order chi connectivity index (χ0) is 21.4. The van der Waals surface area contributed by atoms with Gasteiger partial charge in [0.15, 0.2) is 12.2 Å². The summed E-state index contributed by atoms with van der Waals surface area (Å²) in [7, 11) is 1.77. The molecule has 0 radical (unpaired) electrons. The van der Waals surface area contributed by atoms with Crippen LogP contribution in [0.5, 0.6) is 0 Å². The number of pyridine rings is 1. The predicted octanol–water partition coefficient (Wildman–Crippen LogP) is 5.59. The summed E-state index contributed by atoms with van der Waals surface area (Å²) < 4.78 is 7.95. The summed E-state index contributed by atoms with van der Waals surface area (Å²) in [6.45, 7) is 9.82. The third kappa shape index (κ3) is 3.55. The van der Waals surface area contributed by atoms with Crippen molar-refractivity contribution in [3.05, 3.63) is 64.8 Å². The molecule has 158 valence electrons. The molecule has 0 saturated carbocycles. The van der Waals surface area contributed by atoms with Gasteiger partial charge in [0, 0.05) is 32.1 Å². The highest BCUT2D eigenvalue weighted by atomic mass is 16.5. The highest BCUT2D eigenvalue weighted by molar-refractivity contribution is 5.95. The largest absolute Gasteiger partial charge is 0.396 e. The van der Waals surface area contributed by atoms with Crippen LogP contribution in [0, 0.1) is 13.8 Å². The standard InChI is InChI=1S/C27H34NO2/c1-17(2)21-7-6-20-8-11-28-25(10-13-30-5)22(9-12-29)26-19(4)14-18(3)15-24(26)27(28)23(20)16-21/h6-8,11,14-17,22,25,29H,9-10,12-13H2,1-5H3/q+1. The summed E-state index contributed by atoms with van der Waals surface area (Å²) in [5.41, 5.74) is 8.02. The zero-order valence-electron chi connectivity index (χ0n) is 18.9. The van der Waals surface area contributed by atoms with E-state index in [2.05, 4.69) is 74.9 Å². The minimum Gasteiger partial charge on any atom is -0.396 e. The fourth-order valence-corrected chi connectivity index (χ4v) is 5.33. The smallest absolute Gasteiger partial charge is 0.220 e. The van der Waals surface area contributed by atoms with Gasteiger partial charge in [-0.2, -0.15) is 4.57 Å². The molecule has 2 atom stereocenters. The SMILES string of the molecule is COCCC1C(CCO)c2c(C)cc(C)cc2-c2c3cc(C(C)C)ccc3cc[n+]21. The first-order chi connectivity index (χ1) is 14.5. The molecule has 1 N–H and O–H groups in total. The maximum Gasteiger partial charge on any atom is 0.220 e. The number of aromatic nitrogens is 1. The molecule has 2 heterocycles. The Kier molecular flexibility index (Phi) is 5.95. The molecule has 0 amide bonds. The Morgan fingerprint density at radius 2 is 1.87 bits per heavy atom. The van der Waals surface area contributed by atoms with Crippen LogP contribution >= 0.6 is 0 Å². The van der Waals surface area contributed by atoms with Gasteiger partial charge in [0.2, 0.25) is 5.69 Å². The topological polar surface area (TPSA) is 33.3 Å². The quantitative estimate of drug-likeness (QED) is 0.543. The maximum absolute atomic E-state index is 9.91. The number of ether oxygens (including phenoxy) is 1. The van der Waals surface area contributed by atoms with Crippen LogP contribution in [0.4, 0.5) is 0 Å². The van der Waals surface area contributed by atoms with Gasteiger partial charge in [-0.15, -0.1) is 0 Å². The molecule has 30 heavy (non-hydrogen) atoms. The number of fused-ring (bicyclic) bond motifs is 5. The summed E-state index contributed by atoms with van der Waals surface area (Å²) >= 11 is 0. The van der Waals surface area contributed by atoms with Gasteiger partial charge in [0.05, 0.1) is 17.6 Å². The summed E-state index contributed by atoms with van der Waals surface area (Å²) in [5, 5.41) is 12.5. The number of methoxy groups -OCH3 is 1. The van der Waals surface area contributed by atoms with Crippen molar-refractivity contribution in [3.8, 4) is 11.3 Å². The van der Waals surface area contributed by atoms with Gasteiger partial charge in [-0.1, -0.05) is 37.6 Å². The lowest BCUT2D eigenvalue weighted by Gasteiger charge is -2.32. The van der Waals surface area contributed by atoms with Crippen molar-refractivity contribution in [1.29, 1.82) is 0 Å². The highest BCUT2D eigenvalue weighted by Gasteiger charge is 2.41. The molecule has 1 aromatic heterocycles. The lowest BCUT2D eigenvalue weighted by Crippen LogP contribution is -2.48. The summed E-state index contributed by atoms with van der Waals surface area (Å²) in [6, 6.07) is 14.0. The minimum atomic E-state index is 0.196. The molecule has 2 unspecified atom stereocenters. The third-order valence-corrected chi connectivity index (χ3v) is 6.71. The van der Waals surface area contributed by atoms with Crippen molar-refractivity contribution in [3.63, 3.8) is 0 Å². The monoisotopic (exact) mass is 404 g/mol. The van der Waals surface area contributed by atoms with E-state index >= 15 is 0 Å². The average Bonchev–Trinajstić information content (AvgIpc) is 2.72. The second-order valence-corrected chi connectivity index (χ2v) is 9.08. The van der Waals surface area contributed by atoms with Crippen molar-refractivity contribution in [1.82, 2.24) is 0 Å². The average molecular weight is 405 g/mol. The number of aliphatic hydroxyl groups is 1. The van der Waals surface area contributed by atoms with Crippen LogP contribution in [0.2, 0.25) is 0 Å². The Bertz CT molecular complexity index is 1070.